The molecule has 2 saturated heterocycles. The number of ether oxygens (including phenoxy) is 1. The number of benzene rings is 1. The quantitative estimate of drug-likeness (QED) is 0.434. The number of sulfone groups is 1. The molecule has 2 aromatic rings. The molecular weight excluding hydrogens is 638 g/mol. The first kappa shape index (κ1) is 29.5. The molecule has 212 valence electrons. The fourth-order valence-electron chi connectivity index (χ4n) is 4.55. The number of carbonyl (C=O) groups excluding carboxylic acids is 1. The molecule has 4 rings (SSSR count). The third-order valence-corrected chi connectivity index (χ3v) is 9.80. The smallest absolute Gasteiger partial charge is 0.425 e. The lowest BCUT2D eigenvalue weighted by Gasteiger charge is -2.43. The van der Waals surface area contributed by atoms with E-state index in [1.807, 2.05) is 0 Å². The lowest BCUT2D eigenvalue weighted by molar-refractivity contribution is -0.189. The fourth-order valence-corrected chi connectivity index (χ4v) is 7.09. The highest BCUT2D eigenvalue weighted by Crippen LogP contribution is 2.38. The fraction of sp³-hybridized carbons (Fsp3) is 0.435. The molecule has 0 spiro atoms. The molecule has 2 N–H and O–H groups in total. The van der Waals surface area contributed by atoms with Gasteiger partial charge in [0.15, 0.2) is 15.9 Å². The summed E-state index contributed by atoms with van der Waals surface area (Å²) in [7, 11) is -4.37. The number of hydrogen-bond donors (Lipinski definition) is 2. The van der Waals surface area contributed by atoms with Crippen LogP contribution in [0.3, 0.4) is 0 Å². The maximum atomic E-state index is 14.8. The maximum Gasteiger partial charge on any atom is 0.425 e. The van der Waals surface area contributed by atoms with Crippen molar-refractivity contribution in [3.8, 4) is 5.75 Å². The van der Waals surface area contributed by atoms with Gasteiger partial charge in [-0.05, 0) is 47.5 Å². The molecule has 9 nitrogen and oxygen atoms in total. The van der Waals surface area contributed by atoms with Crippen LogP contribution in [0.1, 0.15) is 19.0 Å². The van der Waals surface area contributed by atoms with Crippen LogP contribution in [-0.2, 0) is 24.8 Å². The van der Waals surface area contributed by atoms with Crippen molar-refractivity contribution >= 4 is 49.2 Å². The van der Waals surface area contributed by atoms with Crippen LogP contribution in [-0.4, -0.2) is 78.5 Å². The Kier molecular flexibility index (Phi) is 7.93. The van der Waals surface area contributed by atoms with Gasteiger partial charge in [-0.2, -0.15) is 13.2 Å². The molecule has 1 aromatic carbocycles. The lowest BCUT2D eigenvalue weighted by atomic mass is 9.76. The molecule has 3 atom stereocenters. The molecule has 3 heterocycles. The van der Waals surface area contributed by atoms with Crippen LogP contribution in [0, 0.1) is 5.82 Å². The van der Waals surface area contributed by atoms with Crippen molar-refractivity contribution in [3.63, 3.8) is 0 Å². The van der Waals surface area contributed by atoms with Gasteiger partial charge in [-0.1, -0.05) is 11.6 Å². The summed E-state index contributed by atoms with van der Waals surface area (Å²) in [5.74, 6) is -3.36. The van der Waals surface area contributed by atoms with Crippen molar-refractivity contribution in [2.24, 2.45) is 0 Å². The number of hydrogen-bond acceptors (Lipinski definition) is 7. The highest BCUT2D eigenvalue weighted by molar-refractivity contribution is 9.10. The summed E-state index contributed by atoms with van der Waals surface area (Å²) in [6.45, 7) is 0.162. The van der Waals surface area contributed by atoms with Crippen molar-refractivity contribution in [1.29, 1.82) is 0 Å². The summed E-state index contributed by atoms with van der Waals surface area (Å²) in [6, 6.07) is 2.47. The summed E-state index contributed by atoms with van der Waals surface area (Å²) in [6.07, 6.45) is -6.03. The number of amides is 1. The van der Waals surface area contributed by atoms with E-state index in [9.17, 15) is 40.7 Å². The molecule has 2 aliphatic heterocycles. The SMILES string of the molecule is C[C@H](Oc1ccc(S(=O)(=O)[C@@H]2C[C@@H](C(=O)O)N(C(=O)C3(c4ncc(Br)cc4F)CNC3)C2)c(Cl)c1)C(F)(F)F. The van der Waals surface area contributed by atoms with Crippen molar-refractivity contribution in [2.45, 2.75) is 47.2 Å². The van der Waals surface area contributed by atoms with Gasteiger partial charge in [-0.25, -0.2) is 17.6 Å². The number of aliphatic carboxylic acids is 1. The van der Waals surface area contributed by atoms with E-state index >= 15 is 0 Å². The minimum absolute atomic E-state index is 0.0404. The third-order valence-electron chi connectivity index (χ3n) is 6.76. The molecular formula is C23H21BrClF4N3O6S. The number of likely N-dealkylation sites (tertiary alicyclic amines) is 1. The summed E-state index contributed by atoms with van der Waals surface area (Å²) in [5, 5.41) is 10.8. The van der Waals surface area contributed by atoms with Crippen LogP contribution in [0.25, 0.3) is 0 Å². The van der Waals surface area contributed by atoms with Gasteiger partial charge < -0.3 is 20.1 Å². The average Bonchev–Trinajstić information content (AvgIpc) is 3.25. The second kappa shape index (κ2) is 10.5. The van der Waals surface area contributed by atoms with E-state index in [4.69, 9.17) is 16.3 Å². The Morgan fingerprint density at radius 3 is 2.49 bits per heavy atom. The van der Waals surface area contributed by atoms with Gasteiger partial charge in [0.25, 0.3) is 0 Å². The van der Waals surface area contributed by atoms with Crippen LogP contribution in [0.4, 0.5) is 17.6 Å². The number of carboxylic acid groups (broad SMARTS) is 1. The van der Waals surface area contributed by atoms with Gasteiger partial charge in [0, 0.05) is 36.4 Å². The Labute approximate surface area is 233 Å². The van der Waals surface area contributed by atoms with Gasteiger partial charge in [-0.15, -0.1) is 0 Å². The average molecular weight is 659 g/mol. The number of pyridine rings is 1. The molecule has 2 fully saturated rings. The standard InChI is InChI=1S/C23H21BrClF4N3O6S/c1-11(23(27,28)29)38-13-2-3-18(15(25)5-13)39(36,37)14-6-17(20(33)34)32(8-14)21(35)22(9-30-10-22)19-16(26)4-12(24)7-31-19/h2-5,7,11,14,17,30H,6,8-10H2,1H3,(H,33,34)/t11-,14+,17-/m0/s1. The Hall–Kier alpha value is -2.49. The Bertz CT molecular complexity index is 1420. The minimum Gasteiger partial charge on any atom is -0.481 e. The van der Waals surface area contributed by atoms with Gasteiger partial charge in [0.2, 0.25) is 5.91 Å². The van der Waals surface area contributed by atoms with E-state index < -0.39 is 79.4 Å². The molecule has 0 bridgehead atoms. The second-order valence-corrected chi connectivity index (χ2v) is 12.8. The number of alkyl halides is 3. The largest absolute Gasteiger partial charge is 0.481 e. The zero-order valence-electron chi connectivity index (χ0n) is 20.0. The summed E-state index contributed by atoms with van der Waals surface area (Å²) >= 11 is 9.19. The van der Waals surface area contributed by atoms with E-state index in [0.29, 0.717) is 4.47 Å². The summed E-state index contributed by atoms with van der Waals surface area (Å²) < 4.78 is 85.2. The first-order valence-electron chi connectivity index (χ1n) is 11.4. The Morgan fingerprint density at radius 1 is 1.31 bits per heavy atom. The lowest BCUT2D eigenvalue weighted by Crippen LogP contribution is -2.66. The van der Waals surface area contributed by atoms with E-state index in [1.165, 1.54) is 6.20 Å². The maximum absolute atomic E-state index is 14.8. The van der Waals surface area contributed by atoms with Crippen molar-refractivity contribution in [2.75, 3.05) is 19.6 Å². The zero-order valence-corrected chi connectivity index (χ0v) is 23.2. The normalized spacial score (nSPS) is 21.8. The predicted molar refractivity (Wildman–Crippen MR) is 133 cm³/mol. The van der Waals surface area contributed by atoms with Crippen molar-refractivity contribution in [1.82, 2.24) is 15.2 Å². The zero-order chi connectivity index (χ0) is 28.9. The van der Waals surface area contributed by atoms with Crippen LogP contribution in [0.5, 0.6) is 5.75 Å². The van der Waals surface area contributed by atoms with Crippen LogP contribution in [0.15, 0.2) is 39.8 Å². The summed E-state index contributed by atoms with van der Waals surface area (Å²) in [5.41, 5.74) is -1.74. The highest BCUT2D eigenvalue weighted by Gasteiger charge is 2.56. The Morgan fingerprint density at radius 2 is 1.97 bits per heavy atom. The number of halogens is 6. The molecule has 39 heavy (non-hydrogen) atoms. The number of carbonyl (C=O) groups is 2. The highest BCUT2D eigenvalue weighted by atomic mass is 79.9. The van der Waals surface area contributed by atoms with Gasteiger partial charge in [-0.3, -0.25) is 9.78 Å². The molecule has 0 radical (unpaired) electrons. The van der Waals surface area contributed by atoms with Gasteiger partial charge >= 0.3 is 12.1 Å². The number of carboxylic acids is 1. The predicted octanol–water partition coefficient (Wildman–Crippen LogP) is 3.34. The van der Waals surface area contributed by atoms with Crippen LogP contribution in [0.2, 0.25) is 5.02 Å². The minimum atomic E-state index is -4.66. The number of rotatable bonds is 7. The van der Waals surface area contributed by atoms with E-state index in [2.05, 4.69) is 26.2 Å². The monoisotopic (exact) mass is 657 g/mol. The molecule has 16 heteroatoms. The van der Waals surface area contributed by atoms with Crippen LogP contribution < -0.4 is 10.1 Å². The molecule has 0 unspecified atom stereocenters. The topological polar surface area (TPSA) is 126 Å². The molecule has 1 aromatic heterocycles. The number of nitrogens with zero attached hydrogens (tertiary/aromatic N) is 2. The number of nitrogens with one attached hydrogen (secondary N) is 1. The van der Waals surface area contributed by atoms with E-state index in [0.717, 1.165) is 36.1 Å². The number of aromatic nitrogens is 1. The first-order chi connectivity index (χ1) is 18.1. The van der Waals surface area contributed by atoms with Gasteiger partial charge in [0.05, 0.1) is 20.9 Å². The van der Waals surface area contributed by atoms with Crippen molar-refractivity contribution < 1.29 is 45.4 Å². The Balaban J connectivity index is 1.62. The van der Waals surface area contributed by atoms with E-state index in [1.54, 1.807) is 0 Å². The second-order valence-electron chi connectivity index (χ2n) is 9.28. The molecule has 1 amide bonds. The molecule has 0 saturated carbocycles. The van der Waals surface area contributed by atoms with Gasteiger partial charge in [0.1, 0.15) is 23.0 Å². The van der Waals surface area contributed by atoms with Crippen molar-refractivity contribution in [3.05, 3.63) is 51.5 Å². The third kappa shape index (κ3) is 5.45. The first-order valence-corrected chi connectivity index (χ1v) is 14.1. The van der Waals surface area contributed by atoms with E-state index in [-0.39, 0.29) is 24.5 Å². The van der Waals surface area contributed by atoms with Crippen LogP contribution >= 0.6 is 27.5 Å². The summed E-state index contributed by atoms with van der Waals surface area (Å²) in [4.78, 5) is 30.2. The molecule has 2 aliphatic rings. The molecule has 0 aliphatic carbocycles.